The summed E-state index contributed by atoms with van der Waals surface area (Å²) in [7, 11) is 1.63. The van der Waals surface area contributed by atoms with Crippen LogP contribution in [-0.4, -0.2) is 18.0 Å². The second-order valence-electron chi connectivity index (χ2n) is 4.99. The molecule has 0 aliphatic carbocycles. The molecule has 0 radical (unpaired) electrons. The van der Waals surface area contributed by atoms with E-state index in [9.17, 15) is 4.79 Å². The van der Waals surface area contributed by atoms with E-state index in [4.69, 9.17) is 4.74 Å². The maximum Gasteiger partial charge on any atom is 0.271 e. The number of methoxy groups -OCH3 is 1. The number of nitrogens with zero attached hydrogens (tertiary/aromatic N) is 1. The van der Waals surface area contributed by atoms with Crippen molar-refractivity contribution >= 4 is 28.6 Å². The van der Waals surface area contributed by atoms with Crippen LogP contribution in [-0.2, 0) is 0 Å². The first kappa shape index (κ1) is 15.7. The molecule has 118 valence electrons. The summed E-state index contributed by atoms with van der Waals surface area (Å²) in [6.07, 6.45) is 0. The summed E-state index contributed by atoms with van der Waals surface area (Å²) in [4.78, 5) is 16.8. The van der Waals surface area contributed by atoms with Crippen LogP contribution < -0.4 is 10.1 Å². The van der Waals surface area contributed by atoms with E-state index >= 15 is 0 Å². The van der Waals surface area contributed by atoms with Crippen molar-refractivity contribution in [2.75, 3.05) is 7.11 Å². The molecule has 0 spiro atoms. The number of thiophene rings is 1. The summed E-state index contributed by atoms with van der Waals surface area (Å²) in [5, 5.41) is 9.65. The molecule has 0 saturated carbocycles. The van der Waals surface area contributed by atoms with E-state index < -0.39 is 0 Å². The Balaban J connectivity index is 1.74. The van der Waals surface area contributed by atoms with Crippen molar-refractivity contribution in [3.63, 3.8) is 0 Å². The first-order chi connectivity index (χ1) is 11.2. The molecule has 1 atom stereocenters. The summed E-state index contributed by atoms with van der Waals surface area (Å²) in [5.41, 5.74) is 2.44. The van der Waals surface area contributed by atoms with Crippen LogP contribution in [0.15, 0.2) is 46.5 Å². The fourth-order valence-corrected chi connectivity index (χ4v) is 3.78. The van der Waals surface area contributed by atoms with Gasteiger partial charge in [-0.05, 0) is 24.4 Å². The zero-order valence-electron chi connectivity index (χ0n) is 12.8. The molecule has 2 heterocycles. The van der Waals surface area contributed by atoms with Gasteiger partial charge in [0, 0.05) is 21.9 Å². The Morgan fingerprint density at radius 1 is 1.26 bits per heavy atom. The average molecular weight is 344 g/mol. The summed E-state index contributed by atoms with van der Waals surface area (Å²) in [5.74, 6) is 0.582. The number of aromatic nitrogens is 1. The van der Waals surface area contributed by atoms with Gasteiger partial charge in [0.15, 0.2) is 0 Å². The summed E-state index contributed by atoms with van der Waals surface area (Å²) in [6.45, 7) is 1.93. The lowest BCUT2D eigenvalue weighted by atomic mass is 10.1. The topological polar surface area (TPSA) is 51.2 Å². The summed E-state index contributed by atoms with van der Waals surface area (Å²) < 4.78 is 5.34. The van der Waals surface area contributed by atoms with Crippen LogP contribution in [0.25, 0.3) is 10.6 Å². The molecule has 0 saturated heterocycles. The SMILES string of the molecule is COc1ccccc1C(C)NC(=O)c1csc(-c2ccsc2)n1. The number of nitrogens with one attached hydrogen (secondary N) is 1. The number of para-hydroxylation sites is 1. The van der Waals surface area contributed by atoms with Gasteiger partial charge in [0.25, 0.3) is 5.91 Å². The second-order valence-corrected chi connectivity index (χ2v) is 6.63. The molecule has 2 aromatic heterocycles. The number of carbonyl (C=O) groups excluding carboxylic acids is 1. The van der Waals surface area contributed by atoms with E-state index in [1.54, 1.807) is 23.8 Å². The number of thiazole rings is 1. The largest absolute Gasteiger partial charge is 0.496 e. The van der Waals surface area contributed by atoms with Crippen molar-refractivity contribution in [3.05, 3.63) is 57.7 Å². The van der Waals surface area contributed by atoms with Gasteiger partial charge in [-0.15, -0.1) is 11.3 Å². The van der Waals surface area contributed by atoms with Gasteiger partial charge in [0.1, 0.15) is 16.5 Å². The van der Waals surface area contributed by atoms with Crippen LogP contribution in [0, 0.1) is 0 Å². The molecule has 0 bridgehead atoms. The predicted molar refractivity (Wildman–Crippen MR) is 94.3 cm³/mol. The van der Waals surface area contributed by atoms with Crippen LogP contribution in [0.4, 0.5) is 0 Å². The van der Waals surface area contributed by atoms with Crippen LogP contribution in [0.5, 0.6) is 5.75 Å². The molecular formula is C17H16N2O2S2. The molecule has 4 nitrogen and oxygen atoms in total. The lowest BCUT2D eigenvalue weighted by Gasteiger charge is -2.16. The van der Waals surface area contributed by atoms with Crippen LogP contribution >= 0.6 is 22.7 Å². The molecule has 23 heavy (non-hydrogen) atoms. The number of benzene rings is 1. The van der Waals surface area contributed by atoms with Crippen molar-refractivity contribution in [1.29, 1.82) is 0 Å². The molecular weight excluding hydrogens is 328 g/mol. The van der Waals surface area contributed by atoms with Crippen molar-refractivity contribution in [1.82, 2.24) is 10.3 Å². The number of hydrogen-bond donors (Lipinski definition) is 1. The van der Waals surface area contributed by atoms with Gasteiger partial charge in [-0.3, -0.25) is 4.79 Å². The maximum atomic E-state index is 12.4. The highest BCUT2D eigenvalue weighted by atomic mass is 32.1. The molecule has 3 rings (SSSR count). The second kappa shape index (κ2) is 6.93. The van der Waals surface area contributed by atoms with Gasteiger partial charge in [0.2, 0.25) is 0 Å². The zero-order chi connectivity index (χ0) is 16.2. The number of rotatable bonds is 5. The number of hydrogen-bond acceptors (Lipinski definition) is 5. The van der Waals surface area contributed by atoms with Crippen molar-refractivity contribution in [3.8, 4) is 16.3 Å². The highest BCUT2D eigenvalue weighted by Crippen LogP contribution is 2.27. The molecule has 0 aliphatic heterocycles. The average Bonchev–Trinajstić information content (AvgIpc) is 3.25. The predicted octanol–water partition coefficient (Wildman–Crippen LogP) is 4.37. The molecule has 0 fully saturated rings. The minimum atomic E-state index is -0.180. The Kier molecular flexibility index (Phi) is 4.73. The molecule has 1 unspecified atom stereocenters. The number of ether oxygens (including phenoxy) is 1. The van der Waals surface area contributed by atoms with Gasteiger partial charge in [-0.2, -0.15) is 11.3 Å². The van der Waals surface area contributed by atoms with Crippen LogP contribution in [0.2, 0.25) is 0 Å². The van der Waals surface area contributed by atoms with Gasteiger partial charge in [0.05, 0.1) is 13.2 Å². The third-order valence-electron chi connectivity index (χ3n) is 3.46. The molecule has 0 aliphatic rings. The number of carbonyl (C=O) groups is 1. The van der Waals surface area contributed by atoms with E-state index in [1.165, 1.54) is 11.3 Å². The molecule has 1 amide bonds. The monoisotopic (exact) mass is 344 g/mol. The van der Waals surface area contributed by atoms with E-state index in [0.29, 0.717) is 5.69 Å². The maximum absolute atomic E-state index is 12.4. The van der Waals surface area contributed by atoms with Gasteiger partial charge in [-0.25, -0.2) is 4.98 Å². The van der Waals surface area contributed by atoms with E-state index in [1.807, 2.05) is 48.0 Å². The highest BCUT2D eigenvalue weighted by molar-refractivity contribution is 7.14. The number of amides is 1. The Labute approximate surface area is 142 Å². The Morgan fingerprint density at radius 3 is 2.83 bits per heavy atom. The van der Waals surface area contributed by atoms with Crippen molar-refractivity contribution < 1.29 is 9.53 Å². The minimum Gasteiger partial charge on any atom is -0.496 e. The van der Waals surface area contributed by atoms with Crippen molar-refractivity contribution in [2.45, 2.75) is 13.0 Å². The molecule has 1 aromatic carbocycles. The smallest absolute Gasteiger partial charge is 0.271 e. The van der Waals surface area contributed by atoms with Gasteiger partial charge >= 0.3 is 0 Å². The fourth-order valence-electron chi connectivity index (χ4n) is 2.27. The lowest BCUT2D eigenvalue weighted by Crippen LogP contribution is -2.27. The molecule has 3 aromatic rings. The minimum absolute atomic E-state index is 0.162. The van der Waals surface area contributed by atoms with Crippen LogP contribution in [0.1, 0.15) is 29.0 Å². The van der Waals surface area contributed by atoms with Gasteiger partial charge in [-0.1, -0.05) is 18.2 Å². The highest BCUT2D eigenvalue weighted by Gasteiger charge is 2.17. The quantitative estimate of drug-likeness (QED) is 0.748. The zero-order valence-corrected chi connectivity index (χ0v) is 14.4. The van der Waals surface area contributed by atoms with Crippen molar-refractivity contribution in [2.24, 2.45) is 0 Å². The third-order valence-corrected chi connectivity index (χ3v) is 5.03. The standard InChI is InChI=1S/C17H16N2O2S2/c1-11(13-5-3-4-6-15(13)21-2)18-16(20)14-10-23-17(19-14)12-7-8-22-9-12/h3-11H,1-2H3,(H,18,20). The third kappa shape index (κ3) is 3.43. The molecule has 6 heteroatoms. The van der Waals surface area contributed by atoms with Gasteiger partial charge < -0.3 is 10.1 Å². The van der Waals surface area contributed by atoms with E-state index in [0.717, 1.165) is 21.9 Å². The lowest BCUT2D eigenvalue weighted by molar-refractivity contribution is 0.0935. The summed E-state index contributed by atoms with van der Waals surface area (Å²) in [6, 6.07) is 9.51. The Bertz CT molecular complexity index is 797. The van der Waals surface area contributed by atoms with Crippen LogP contribution in [0.3, 0.4) is 0 Å². The summed E-state index contributed by atoms with van der Waals surface area (Å²) >= 11 is 3.09. The Hall–Kier alpha value is -2.18. The Morgan fingerprint density at radius 2 is 2.09 bits per heavy atom. The van der Waals surface area contributed by atoms with E-state index in [-0.39, 0.29) is 11.9 Å². The first-order valence-corrected chi connectivity index (χ1v) is 8.93. The first-order valence-electron chi connectivity index (χ1n) is 7.11. The fraction of sp³-hybridized carbons (Fsp3) is 0.176. The molecule has 1 N–H and O–H groups in total. The normalized spacial score (nSPS) is 11.9. The van der Waals surface area contributed by atoms with E-state index in [2.05, 4.69) is 10.3 Å².